The van der Waals surface area contributed by atoms with E-state index in [4.69, 9.17) is 16.3 Å². The van der Waals surface area contributed by atoms with E-state index < -0.39 is 0 Å². The van der Waals surface area contributed by atoms with E-state index in [0.717, 1.165) is 24.5 Å². The van der Waals surface area contributed by atoms with Gasteiger partial charge in [0.2, 0.25) is 0 Å². The van der Waals surface area contributed by atoms with Crippen LogP contribution in [0.25, 0.3) is 0 Å². The normalized spacial score (nSPS) is 14.7. The molecular formula is C17H17ClN2O2. The van der Waals surface area contributed by atoms with E-state index in [-0.39, 0.29) is 5.91 Å². The molecule has 1 aliphatic heterocycles. The summed E-state index contributed by atoms with van der Waals surface area (Å²) in [7, 11) is 0. The average molecular weight is 317 g/mol. The third-order valence-corrected chi connectivity index (χ3v) is 3.83. The third-order valence-electron chi connectivity index (χ3n) is 3.59. The molecule has 0 atom stereocenters. The topological polar surface area (TPSA) is 41.6 Å². The van der Waals surface area contributed by atoms with Crippen molar-refractivity contribution in [2.24, 2.45) is 0 Å². The first kappa shape index (κ1) is 14.9. The van der Waals surface area contributed by atoms with Gasteiger partial charge in [0.1, 0.15) is 0 Å². The Morgan fingerprint density at radius 1 is 1.09 bits per heavy atom. The fourth-order valence-corrected chi connectivity index (χ4v) is 2.64. The molecule has 22 heavy (non-hydrogen) atoms. The second kappa shape index (κ2) is 6.81. The van der Waals surface area contributed by atoms with Crippen molar-refractivity contribution in [3.8, 4) is 0 Å². The molecule has 4 nitrogen and oxygen atoms in total. The van der Waals surface area contributed by atoms with Crippen LogP contribution >= 0.6 is 11.6 Å². The van der Waals surface area contributed by atoms with Crippen molar-refractivity contribution in [3.05, 3.63) is 59.1 Å². The fraction of sp³-hybridized carbons (Fsp3) is 0.235. The van der Waals surface area contributed by atoms with E-state index in [1.807, 2.05) is 30.3 Å². The maximum atomic E-state index is 12.4. The molecule has 1 saturated heterocycles. The second-order valence-corrected chi connectivity index (χ2v) is 5.52. The molecule has 0 spiro atoms. The maximum Gasteiger partial charge on any atom is 0.255 e. The number of ether oxygens (including phenoxy) is 1. The number of hydrogen-bond donors (Lipinski definition) is 1. The van der Waals surface area contributed by atoms with Gasteiger partial charge in [0.25, 0.3) is 5.91 Å². The highest BCUT2D eigenvalue weighted by molar-refractivity contribution is 6.31. The molecule has 2 aromatic rings. The Labute approximate surface area is 134 Å². The zero-order valence-electron chi connectivity index (χ0n) is 12.1. The molecule has 0 saturated carbocycles. The van der Waals surface area contributed by atoms with Crippen LogP contribution in [-0.4, -0.2) is 32.2 Å². The molecule has 0 unspecified atom stereocenters. The fourth-order valence-electron chi connectivity index (χ4n) is 2.47. The van der Waals surface area contributed by atoms with Gasteiger partial charge in [0, 0.05) is 23.7 Å². The summed E-state index contributed by atoms with van der Waals surface area (Å²) in [5.74, 6) is -0.141. The Bertz CT molecular complexity index is 655. The number of hydrogen-bond acceptors (Lipinski definition) is 3. The number of nitrogens with one attached hydrogen (secondary N) is 1. The van der Waals surface area contributed by atoms with Gasteiger partial charge in [-0.1, -0.05) is 29.8 Å². The Balaban J connectivity index is 1.85. The predicted octanol–water partition coefficient (Wildman–Crippen LogP) is 3.43. The van der Waals surface area contributed by atoms with E-state index in [1.54, 1.807) is 18.2 Å². The van der Waals surface area contributed by atoms with Crippen molar-refractivity contribution >= 4 is 28.9 Å². The van der Waals surface area contributed by atoms with Gasteiger partial charge in [0.15, 0.2) is 0 Å². The molecule has 5 heteroatoms. The van der Waals surface area contributed by atoms with Crippen molar-refractivity contribution < 1.29 is 9.53 Å². The molecule has 1 heterocycles. The van der Waals surface area contributed by atoms with E-state index in [9.17, 15) is 4.79 Å². The van der Waals surface area contributed by atoms with Crippen LogP contribution in [-0.2, 0) is 4.74 Å². The van der Waals surface area contributed by atoms with Gasteiger partial charge in [-0.2, -0.15) is 0 Å². The van der Waals surface area contributed by atoms with Gasteiger partial charge >= 0.3 is 0 Å². The van der Waals surface area contributed by atoms with Gasteiger partial charge in [-0.15, -0.1) is 0 Å². The maximum absolute atomic E-state index is 12.4. The van der Waals surface area contributed by atoms with Gasteiger partial charge in [0.05, 0.1) is 24.6 Å². The number of anilines is 2. The first-order valence-corrected chi connectivity index (χ1v) is 7.60. The summed E-state index contributed by atoms with van der Waals surface area (Å²) in [5, 5.41) is 3.56. The molecule has 2 aromatic carbocycles. The van der Waals surface area contributed by atoms with Crippen LogP contribution in [0.15, 0.2) is 48.5 Å². The molecule has 1 amide bonds. The molecule has 1 N–H and O–H groups in total. The summed E-state index contributed by atoms with van der Waals surface area (Å²) >= 11 is 6.09. The zero-order chi connectivity index (χ0) is 15.4. The smallest absolute Gasteiger partial charge is 0.255 e. The SMILES string of the molecule is O=C(Nc1cc(Cl)ccc1N1CCOCC1)c1ccccc1. The number of rotatable bonds is 3. The van der Waals surface area contributed by atoms with Crippen molar-refractivity contribution in [1.82, 2.24) is 0 Å². The third kappa shape index (κ3) is 3.40. The molecule has 0 radical (unpaired) electrons. The summed E-state index contributed by atoms with van der Waals surface area (Å²) in [6.45, 7) is 2.98. The monoisotopic (exact) mass is 316 g/mol. The molecule has 114 valence electrons. The molecular weight excluding hydrogens is 300 g/mol. The van der Waals surface area contributed by atoms with E-state index in [0.29, 0.717) is 23.8 Å². The number of amides is 1. The number of halogens is 1. The van der Waals surface area contributed by atoms with E-state index in [1.165, 1.54) is 0 Å². The minimum atomic E-state index is -0.141. The number of benzene rings is 2. The summed E-state index contributed by atoms with van der Waals surface area (Å²) in [6.07, 6.45) is 0. The summed E-state index contributed by atoms with van der Waals surface area (Å²) in [6, 6.07) is 14.7. The van der Waals surface area contributed by atoms with Gasteiger partial charge in [-0.05, 0) is 30.3 Å². The standard InChI is InChI=1S/C17H17ClN2O2/c18-14-6-7-16(20-8-10-22-11-9-20)15(12-14)19-17(21)13-4-2-1-3-5-13/h1-7,12H,8-11H2,(H,19,21). The van der Waals surface area contributed by atoms with Crippen molar-refractivity contribution in [2.45, 2.75) is 0 Å². The minimum absolute atomic E-state index is 0.141. The Morgan fingerprint density at radius 2 is 1.82 bits per heavy atom. The molecule has 0 bridgehead atoms. The molecule has 1 fully saturated rings. The quantitative estimate of drug-likeness (QED) is 0.943. The Kier molecular flexibility index (Phi) is 4.61. The van der Waals surface area contributed by atoms with Crippen LogP contribution in [0, 0.1) is 0 Å². The Morgan fingerprint density at radius 3 is 2.55 bits per heavy atom. The highest BCUT2D eigenvalue weighted by atomic mass is 35.5. The van der Waals surface area contributed by atoms with Gasteiger partial charge in [-0.3, -0.25) is 4.79 Å². The van der Waals surface area contributed by atoms with Crippen LogP contribution in [0.1, 0.15) is 10.4 Å². The van der Waals surface area contributed by atoms with Crippen molar-refractivity contribution in [2.75, 3.05) is 36.5 Å². The molecule has 3 rings (SSSR count). The Hall–Kier alpha value is -2.04. The first-order valence-electron chi connectivity index (χ1n) is 7.23. The lowest BCUT2D eigenvalue weighted by molar-refractivity contribution is 0.102. The van der Waals surface area contributed by atoms with Crippen LogP contribution in [0.4, 0.5) is 11.4 Å². The second-order valence-electron chi connectivity index (χ2n) is 5.08. The number of morpholine rings is 1. The minimum Gasteiger partial charge on any atom is -0.378 e. The van der Waals surface area contributed by atoms with Gasteiger partial charge < -0.3 is 15.0 Å². The molecule has 1 aliphatic rings. The zero-order valence-corrected chi connectivity index (χ0v) is 12.8. The summed E-state index contributed by atoms with van der Waals surface area (Å²) < 4.78 is 5.38. The van der Waals surface area contributed by atoms with Crippen LogP contribution < -0.4 is 10.2 Å². The van der Waals surface area contributed by atoms with Crippen molar-refractivity contribution in [1.29, 1.82) is 0 Å². The lowest BCUT2D eigenvalue weighted by atomic mass is 10.2. The predicted molar refractivity (Wildman–Crippen MR) is 88.9 cm³/mol. The first-order chi connectivity index (χ1) is 10.7. The number of carbonyl (C=O) groups excluding carboxylic acids is 1. The average Bonchev–Trinajstić information content (AvgIpc) is 2.56. The lowest BCUT2D eigenvalue weighted by Crippen LogP contribution is -2.36. The number of nitrogens with zero attached hydrogens (tertiary/aromatic N) is 1. The largest absolute Gasteiger partial charge is 0.378 e. The highest BCUT2D eigenvalue weighted by Gasteiger charge is 2.17. The van der Waals surface area contributed by atoms with E-state index >= 15 is 0 Å². The van der Waals surface area contributed by atoms with Crippen LogP contribution in [0.3, 0.4) is 0 Å². The number of carbonyl (C=O) groups is 1. The van der Waals surface area contributed by atoms with Crippen LogP contribution in [0.5, 0.6) is 0 Å². The van der Waals surface area contributed by atoms with Crippen molar-refractivity contribution in [3.63, 3.8) is 0 Å². The van der Waals surface area contributed by atoms with Gasteiger partial charge in [-0.25, -0.2) is 0 Å². The summed E-state index contributed by atoms with van der Waals surface area (Å²) in [5.41, 5.74) is 2.32. The van der Waals surface area contributed by atoms with E-state index in [2.05, 4.69) is 10.2 Å². The lowest BCUT2D eigenvalue weighted by Gasteiger charge is -2.30. The summed E-state index contributed by atoms with van der Waals surface area (Å²) in [4.78, 5) is 14.6. The molecule has 0 aromatic heterocycles. The highest BCUT2D eigenvalue weighted by Crippen LogP contribution is 2.30. The molecule has 0 aliphatic carbocycles. The van der Waals surface area contributed by atoms with Crippen LogP contribution in [0.2, 0.25) is 5.02 Å².